The summed E-state index contributed by atoms with van der Waals surface area (Å²) in [5, 5.41) is 17.0. The highest BCUT2D eigenvalue weighted by molar-refractivity contribution is 6.30. The minimum Gasteiger partial charge on any atom is -0.496 e. The van der Waals surface area contributed by atoms with Crippen molar-refractivity contribution in [3.05, 3.63) is 57.6 Å². The van der Waals surface area contributed by atoms with Crippen LogP contribution in [0.25, 0.3) is 0 Å². The normalized spacial score (nSPS) is 10.0. The second kappa shape index (κ2) is 7.46. The van der Waals surface area contributed by atoms with E-state index in [1.54, 1.807) is 24.3 Å². The van der Waals surface area contributed by atoms with E-state index in [9.17, 15) is 14.9 Å². The molecule has 0 aromatic heterocycles. The smallest absolute Gasteiger partial charge is 0.296 e. The highest BCUT2D eigenvalue weighted by Crippen LogP contribution is 2.28. The van der Waals surface area contributed by atoms with Crippen LogP contribution in [0.1, 0.15) is 0 Å². The topological polar surface area (TPSA) is 93.5 Å². The fourth-order valence-electron chi connectivity index (χ4n) is 1.84. The van der Waals surface area contributed by atoms with Gasteiger partial charge in [0.15, 0.2) is 0 Å². The lowest BCUT2D eigenvalue weighted by Crippen LogP contribution is -2.22. The maximum Gasteiger partial charge on any atom is 0.296 e. The van der Waals surface area contributed by atoms with E-state index in [1.165, 1.54) is 25.3 Å². The third-order valence-electron chi connectivity index (χ3n) is 2.97. The largest absolute Gasteiger partial charge is 0.496 e. The van der Waals surface area contributed by atoms with Gasteiger partial charge in [-0.15, -0.1) is 0 Å². The van der Waals surface area contributed by atoms with Crippen LogP contribution in [0, 0.1) is 10.1 Å². The molecular weight excluding hydrogens is 322 g/mol. The first-order valence-corrected chi connectivity index (χ1v) is 6.99. The molecule has 120 valence electrons. The van der Waals surface area contributed by atoms with Gasteiger partial charge in [-0.25, -0.2) is 0 Å². The highest BCUT2D eigenvalue weighted by atomic mass is 35.5. The summed E-state index contributed by atoms with van der Waals surface area (Å²) < 4.78 is 4.94. The molecule has 0 saturated heterocycles. The number of ether oxygens (including phenoxy) is 1. The lowest BCUT2D eigenvalue weighted by Gasteiger charge is -2.09. The Labute approximate surface area is 137 Å². The Morgan fingerprint density at radius 3 is 2.57 bits per heavy atom. The second-order valence-electron chi connectivity index (χ2n) is 4.55. The molecule has 0 spiro atoms. The van der Waals surface area contributed by atoms with Crippen molar-refractivity contribution in [3.8, 4) is 5.75 Å². The maximum atomic E-state index is 11.9. The molecule has 0 unspecified atom stereocenters. The van der Waals surface area contributed by atoms with Gasteiger partial charge >= 0.3 is 0 Å². The van der Waals surface area contributed by atoms with E-state index in [-0.39, 0.29) is 17.9 Å². The fourth-order valence-corrected chi connectivity index (χ4v) is 1.97. The predicted molar refractivity (Wildman–Crippen MR) is 88.2 cm³/mol. The molecule has 0 aliphatic carbocycles. The number of nitro benzene ring substituents is 1. The number of nitrogens with zero attached hydrogens (tertiary/aromatic N) is 1. The zero-order valence-electron chi connectivity index (χ0n) is 12.2. The Morgan fingerprint density at radius 1 is 1.26 bits per heavy atom. The van der Waals surface area contributed by atoms with Gasteiger partial charge in [0.25, 0.3) is 5.69 Å². The number of halogens is 1. The molecule has 0 saturated carbocycles. The molecular formula is C15H14ClN3O4. The van der Waals surface area contributed by atoms with Gasteiger partial charge in [-0.05, 0) is 36.4 Å². The number of anilines is 2. The molecule has 23 heavy (non-hydrogen) atoms. The third kappa shape index (κ3) is 4.58. The number of amides is 1. The van der Waals surface area contributed by atoms with Gasteiger partial charge in [-0.3, -0.25) is 14.9 Å². The van der Waals surface area contributed by atoms with E-state index in [1.807, 2.05) is 0 Å². The summed E-state index contributed by atoms with van der Waals surface area (Å²) in [6.07, 6.45) is 0. The minimum absolute atomic E-state index is 0.0369. The van der Waals surface area contributed by atoms with Crippen LogP contribution in [0.15, 0.2) is 42.5 Å². The van der Waals surface area contributed by atoms with Crippen LogP contribution in [-0.2, 0) is 4.79 Å². The van der Waals surface area contributed by atoms with Gasteiger partial charge < -0.3 is 15.4 Å². The number of nitro groups is 1. The van der Waals surface area contributed by atoms with Crippen molar-refractivity contribution in [2.24, 2.45) is 0 Å². The SMILES string of the molecule is COc1ccc(NC(=O)CNc2ccc(Cl)cc2)c([N+](=O)[O-])c1. The van der Waals surface area contributed by atoms with E-state index in [4.69, 9.17) is 16.3 Å². The molecule has 8 heteroatoms. The third-order valence-corrected chi connectivity index (χ3v) is 3.22. The van der Waals surface area contributed by atoms with Crippen molar-refractivity contribution in [1.82, 2.24) is 0 Å². The first-order valence-electron chi connectivity index (χ1n) is 6.61. The van der Waals surface area contributed by atoms with E-state index in [2.05, 4.69) is 10.6 Å². The molecule has 2 rings (SSSR count). The Bertz CT molecular complexity index is 719. The van der Waals surface area contributed by atoms with Gasteiger partial charge in [-0.1, -0.05) is 11.6 Å². The predicted octanol–water partition coefficient (Wildman–Crippen LogP) is 3.31. The average Bonchev–Trinajstić information content (AvgIpc) is 2.54. The van der Waals surface area contributed by atoms with Crippen molar-refractivity contribution in [2.45, 2.75) is 0 Å². The average molecular weight is 336 g/mol. The molecule has 0 heterocycles. The number of benzene rings is 2. The molecule has 1 amide bonds. The summed E-state index contributed by atoms with van der Waals surface area (Å²) in [6, 6.07) is 11.1. The van der Waals surface area contributed by atoms with Gasteiger partial charge in [0.2, 0.25) is 5.91 Å². The lowest BCUT2D eigenvalue weighted by atomic mass is 10.2. The molecule has 2 aromatic carbocycles. The van der Waals surface area contributed by atoms with E-state index in [0.717, 1.165) is 0 Å². The minimum atomic E-state index is -0.579. The van der Waals surface area contributed by atoms with E-state index >= 15 is 0 Å². The Kier molecular flexibility index (Phi) is 5.37. The molecule has 2 N–H and O–H groups in total. The van der Waals surface area contributed by atoms with Gasteiger partial charge in [0.05, 0.1) is 24.6 Å². The standard InChI is InChI=1S/C15H14ClN3O4/c1-23-12-6-7-13(14(8-12)19(21)22)18-15(20)9-17-11-4-2-10(16)3-5-11/h2-8,17H,9H2,1H3,(H,18,20). The summed E-state index contributed by atoms with van der Waals surface area (Å²) in [5.41, 5.74) is 0.594. The van der Waals surface area contributed by atoms with E-state index in [0.29, 0.717) is 16.5 Å². The number of methoxy groups -OCH3 is 1. The Hall–Kier alpha value is -2.80. The number of nitrogens with one attached hydrogen (secondary N) is 2. The zero-order valence-corrected chi connectivity index (χ0v) is 13.0. The Morgan fingerprint density at radius 2 is 1.96 bits per heavy atom. The zero-order chi connectivity index (χ0) is 16.8. The lowest BCUT2D eigenvalue weighted by molar-refractivity contribution is -0.384. The first kappa shape index (κ1) is 16.6. The first-order chi connectivity index (χ1) is 11.0. The number of hydrogen-bond acceptors (Lipinski definition) is 5. The molecule has 0 radical (unpaired) electrons. The van der Waals surface area contributed by atoms with Crippen molar-refractivity contribution < 1.29 is 14.5 Å². The van der Waals surface area contributed by atoms with Crippen LogP contribution in [-0.4, -0.2) is 24.5 Å². The summed E-state index contributed by atoms with van der Waals surface area (Å²) >= 11 is 5.77. The fraction of sp³-hybridized carbons (Fsp3) is 0.133. The maximum absolute atomic E-state index is 11.9. The van der Waals surface area contributed by atoms with Crippen molar-refractivity contribution in [1.29, 1.82) is 0 Å². The van der Waals surface area contributed by atoms with Crippen LogP contribution >= 0.6 is 11.6 Å². The summed E-state index contributed by atoms with van der Waals surface area (Å²) in [6.45, 7) is -0.0369. The molecule has 0 aliphatic heterocycles. The summed E-state index contributed by atoms with van der Waals surface area (Å²) in [7, 11) is 1.41. The van der Waals surface area contributed by atoms with Crippen molar-refractivity contribution in [2.75, 3.05) is 24.3 Å². The summed E-state index contributed by atoms with van der Waals surface area (Å²) in [4.78, 5) is 22.4. The van der Waals surface area contributed by atoms with Gasteiger partial charge in [0.1, 0.15) is 11.4 Å². The number of carbonyl (C=O) groups is 1. The molecule has 0 fully saturated rings. The van der Waals surface area contributed by atoms with Gasteiger partial charge in [-0.2, -0.15) is 0 Å². The highest BCUT2D eigenvalue weighted by Gasteiger charge is 2.17. The molecule has 0 atom stereocenters. The molecule has 2 aromatic rings. The number of hydrogen-bond donors (Lipinski definition) is 2. The number of carbonyl (C=O) groups excluding carboxylic acids is 1. The summed E-state index contributed by atoms with van der Waals surface area (Å²) in [5.74, 6) is -0.0674. The quantitative estimate of drug-likeness (QED) is 0.624. The molecule has 0 bridgehead atoms. The molecule has 7 nitrogen and oxygen atoms in total. The van der Waals surface area contributed by atoms with Crippen molar-refractivity contribution in [3.63, 3.8) is 0 Å². The number of rotatable bonds is 6. The van der Waals surface area contributed by atoms with Crippen LogP contribution in [0.2, 0.25) is 5.02 Å². The van der Waals surface area contributed by atoms with Crippen LogP contribution in [0.3, 0.4) is 0 Å². The van der Waals surface area contributed by atoms with E-state index < -0.39 is 10.8 Å². The molecule has 0 aliphatic rings. The monoisotopic (exact) mass is 335 g/mol. The van der Waals surface area contributed by atoms with Crippen LogP contribution in [0.5, 0.6) is 5.75 Å². The van der Waals surface area contributed by atoms with Gasteiger partial charge in [0, 0.05) is 10.7 Å². The second-order valence-corrected chi connectivity index (χ2v) is 4.99. The van der Waals surface area contributed by atoms with Crippen LogP contribution in [0.4, 0.5) is 17.1 Å². The Balaban J connectivity index is 2.02. The van der Waals surface area contributed by atoms with Crippen molar-refractivity contribution >= 4 is 34.6 Å². The van der Waals surface area contributed by atoms with Crippen LogP contribution < -0.4 is 15.4 Å².